The minimum Gasteiger partial charge on any atom is -0.281 e. The molecule has 0 saturated carbocycles. The molecule has 1 heterocycles. The number of benzene rings is 1. The van der Waals surface area contributed by atoms with Crippen LogP contribution in [0.3, 0.4) is 0 Å². The number of rotatable bonds is 0. The number of aliphatic imine (C=N–C) groups is 1. The summed E-state index contributed by atoms with van der Waals surface area (Å²) in [6, 6.07) is 5.09. The van der Waals surface area contributed by atoms with E-state index < -0.39 is 0 Å². The molecule has 0 spiro atoms. The van der Waals surface area contributed by atoms with Crippen molar-refractivity contribution in [2.45, 2.75) is 4.90 Å². The SMILES string of the molecule is Fc1cccc2c1C=NCS2. The Morgan fingerprint density at radius 1 is 1.45 bits per heavy atom. The lowest BCUT2D eigenvalue weighted by atomic mass is 10.2. The molecule has 1 aromatic carbocycles. The quantitative estimate of drug-likeness (QED) is 0.577. The molecule has 1 aliphatic heterocycles. The van der Waals surface area contributed by atoms with Gasteiger partial charge in [-0.05, 0) is 12.1 Å². The van der Waals surface area contributed by atoms with Gasteiger partial charge in [0.05, 0.1) is 5.88 Å². The molecule has 0 aromatic heterocycles. The molecule has 1 aromatic rings. The van der Waals surface area contributed by atoms with Gasteiger partial charge in [0.15, 0.2) is 0 Å². The monoisotopic (exact) mass is 167 g/mol. The molecule has 0 fully saturated rings. The van der Waals surface area contributed by atoms with Crippen LogP contribution in [0.4, 0.5) is 4.39 Å². The van der Waals surface area contributed by atoms with Crippen molar-refractivity contribution in [2.24, 2.45) is 4.99 Å². The third kappa shape index (κ3) is 1.16. The molecule has 1 nitrogen and oxygen atoms in total. The summed E-state index contributed by atoms with van der Waals surface area (Å²) in [5, 5.41) is 0. The Balaban J connectivity index is 2.60. The number of thioether (sulfide) groups is 1. The summed E-state index contributed by atoms with van der Waals surface area (Å²) in [6.07, 6.45) is 1.60. The molecule has 0 aliphatic carbocycles. The van der Waals surface area contributed by atoms with E-state index in [1.807, 2.05) is 6.07 Å². The Hall–Kier alpha value is -0.830. The predicted molar refractivity (Wildman–Crippen MR) is 44.7 cm³/mol. The van der Waals surface area contributed by atoms with E-state index >= 15 is 0 Å². The maximum atomic E-state index is 13.0. The third-order valence-electron chi connectivity index (χ3n) is 1.53. The molecule has 0 radical (unpaired) electrons. The Morgan fingerprint density at radius 2 is 2.36 bits per heavy atom. The first-order valence-electron chi connectivity index (χ1n) is 3.29. The Labute approximate surface area is 68.3 Å². The Kier molecular flexibility index (Phi) is 1.66. The standard InChI is InChI=1S/C8H6FNS/c9-7-2-1-3-8-6(7)4-10-5-11-8/h1-4H,5H2. The summed E-state index contributed by atoms with van der Waals surface area (Å²) >= 11 is 1.56. The average Bonchev–Trinajstić information content (AvgIpc) is 2.06. The van der Waals surface area contributed by atoms with Gasteiger partial charge in [-0.2, -0.15) is 0 Å². The fourth-order valence-electron chi connectivity index (χ4n) is 1.00. The summed E-state index contributed by atoms with van der Waals surface area (Å²) in [4.78, 5) is 4.96. The van der Waals surface area contributed by atoms with Gasteiger partial charge in [-0.15, -0.1) is 11.8 Å². The fraction of sp³-hybridized carbons (Fsp3) is 0.125. The van der Waals surface area contributed by atoms with Gasteiger partial charge in [-0.3, -0.25) is 4.99 Å². The smallest absolute Gasteiger partial charge is 0.133 e. The van der Waals surface area contributed by atoms with Gasteiger partial charge in [0.2, 0.25) is 0 Å². The lowest BCUT2D eigenvalue weighted by molar-refractivity contribution is 0.622. The second kappa shape index (κ2) is 2.66. The first-order chi connectivity index (χ1) is 5.38. The van der Waals surface area contributed by atoms with Crippen molar-refractivity contribution in [3.05, 3.63) is 29.6 Å². The van der Waals surface area contributed by atoms with Crippen LogP contribution in [-0.2, 0) is 0 Å². The molecule has 0 N–H and O–H groups in total. The van der Waals surface area contributed by atoms with Crippen LogP contribution in [-0.4, -0.2) is 12.1 Å². The van der Waals surface area contributed by atoms with E-state index in [-0.39, 0.29) is 5.82 Å². The van der Waals surface area contributed by atoms with Crippen molar-refractivity contribution in [1.82, 2.24) is 0 Å². The van der Waals surface area contributed by atoms with E-state index in [0.29, 0.717) is 11.4 Å². The lowest BCUT2D eigenvalue weighted by Crippen LogP contribution is -1.96. The highest BCUT2D eigenvalue weighted by Gasteiger charge is 2.08. The van der Waals surface area contributed by atoms with Crippen LogP contribution >= 0.6 is 11.8 Å². The van der Waals surface area contributed by atoms with Crippen LogP contribution in [0, 0.1) is 5.82 Å². The van der Waals surface area contributed by atoms with Gasteiger partial charge >= 0.3 is 0 Å². The first kappa shape index (κ1) is 6.85. The summed E-state index contributed by atoms with van der Waals surface area (Å²) in [7, 11) is 0. The van der Waals surface area contributed by atoms with Crippen LogP contribution in [0.15, 0.2) is 28.1 Å². The molecule has 2 rings (SSSR count). The number of nitrogens with zero attached hydrogens (tertiary/aromatic N) is 1. The predicted octanol–water partition coefficient (Wildman–Crippen LogP) is 2.31. The minimum atomic E-state index is -0.182. The van der Waals surface area contributed by atoms with Crippen molar-refractivity contribution >= 4 is 18.0 Å². The molecule has 0 saturated heterocycles. The summed E-state index contributed by atoms with van der Waals surface area (Å²) in [5.74, 6) is 0.523. The largest absolute Gasteiger partial charge is 0.281 e. The van der Waals surface area contributed by atoms with Crippen molar-refractivity contribution in [3.8, 4) is 0 Å². The van der Waals surface area contributed by atoms with Crippen LogP contribution in [0.5, 0.6) is 0 Å². The van der Waals surface area contributed by atoms with Gasteiger partial charge in [0.1, 0.15) is 5.82 Å². The van der Waals surface area contributed by atoms with Gasteiger partial charge in [-0.1, -0.05) is 6.07 Å². The van der Waals surface area contributed by atoms with E-state index in [4.69, 9.17) is 0 Å². The number of halogens is 1. The van der Waals surface area contributed by atoms with Crippen LogP contribution < -0.4 is 0 Å². The van der Waals surface area contributed by atoms with Crippen molar-refractivity contribution in [2.75, 3.05) is 5.88 Å². The van der Waals surface area contributed by atoms with Crippen molar-refractivity contribution < 1.29 is 4.39 Å². The Morgan fingerprint density at radius 3 is 3.18 bits per heavy atom. The van der Waals surface area contributed by atoms with Crippen LogP contribution in [0.1, 0.15) is 5.56 Å². The van der Waals surface area contributed by atoms with Crippen molar-refractivity contribution in [3.63, 3.8) is 0 Å². The van der Waals surface area contributed by atoms with Gasteiger partial charge < -0.3 is 0 Å². The summed E-state index contributed by atoms with van der Waals surface area (Å²) < 4.78 is 13.0. The molecule has 11 heavy (non-hydrogen) atoms. The minimum absolute atomic E-state index is 0.182. The van der Waals surface area contributed by atoms with E-state index in [2.05, 4.69) is 4.99 Å². The normalized spacial score (nSPS) is 14.6. The average molecular weight is 167 g/mol. The molecule has 0 bridgehead atoms. The topological polar surface area (TPSA) is 12.4 Å². The van der Waals surface area contributed by atoms with Crippen LogP contribution in [0.25, 0.3) is 0 Å². The Bertz CT molecular complexity index is 309. The molecule has 0 amide bonds. The highest BCUT2D eigenvalue weighted by Crippen LogP contribution is 2.26. The second-order valence-electron chi connectivity index (χ2n) is 2.24. The highest BCUT2D eigenvalue weighted by molar-refractivity contribution is 7.99. The number of hydrogen-bond donors (Lipinski definition) is 0. The zero-order valence-electron chi connectivity index (χ0n) is 5.75. The maximum absolute atomic E-state index is 13.0. The van der Waals surface area contributed by atoms with Crippen molar-refractivity contribution in [1.29, 1.82) is 0 Å². The van der Waals surface area contributed by atoms with Gasteiger partial charge in [-0.25, -0.2) is 4.39 Å². The summed E-state index contributed by atoms with van der Waals surface area (Å²) in [5.41, 5.74) is 0.628. The molecular formula is C8H6FNS. The van der Waals surface area contributed by atoms with E-state index in [1.54, 1.807) is 24.0 Å². The zero-order chi connectivity index (χ0) is 7.68. The second-order valence-corrected chi connectivity index (χ2v) is 3.22. The van der Waals surface area contributed by atoms with Gasteiger partial charge in [0, 0.05) is 16.7 Å². The first-order valence-corrected chi connectivity index (χ1v) is 4.27. The molecule has 56 valence electrons. The van der Waals surface area contributed by atoms with E-state index in [1.165, 1.54) is 6.07 Å². The lowest BCUT2D eigenvalue weighted by Gasteiger charge is -2.08. The van der Waals surface area contributed by atoms with E-state index in [9.17, 15) is 4.39 Å². The number of fused-ring (bicyclic) bond motifs is 1. The van der Waals surface area contributed by atoms with Crippen LogP contribution in [0.2, 0.25) is 0 Å². The molecular weight excluding hydrogens is 161 g/mol. The molecule has 0 unspecified atom stereocenters. The molecule has 3 heteroatoms. The number of hydrogen-bond acceptors (Lipinski definition) is 2. The highest BCUT2D eigenvalue weighted by atomic mass is 32.2. The van der Waals surface area contributed by atoms with Gasteiger partial charge in [0.25, 0.3) is 0 Å². The molecule has 0 atom stereocenters. The molecule has 1 aliphatic rings. The zero-order valence-corrected chi connectivity index (χ0v) is 6.57. The maximum Gasteiger partial charge on any atom is 0.133 e. The fourth-order valence-corrected chi connectivity index (χ4v) is 1.77. The summed E-state index contributed by atoms with van der Waals surface area (Å²) in [6.45, 7) is 0. The van der Waals surface area contributed by atoms with E-state index in [0.717, 1.165) is 4.90 Å². The third-order valence-corrected chi connectivity index (χ3v) is 2.47.